The van der Waals surface area contributed by atoms with Crippen LogP contribution in [0.1, 0.15) is 219 Å². The van der Waals surface area contributed by atoms with Gasteiger partial charge in [-0.3, -0.25) is 18.6 Å². The molecule has 324 valence electrons. The van der Waals surface area contributed by atoms with E-state index < -0.39 is 26.5 Å². The molecule has 0 saturated heterocycles. The fraction of sp³-hybridized carbons (Fsp3) is 0.867. The molecular weight excluding hydrogens is 713 g/mol. The molecule has 2 atom stereocenters. The zero-order chi connectivity index (χ0) is 40.3. The molecule has 3 N–H and O–H groups in total. The predicted molar refractivity (Wildman–Crippen MR) is 229 cm³/mol. The number of phosphoric acid groups is 1. The summed E-state index contributed by atoms with van der Waals surface area (Å²) in [4.78, 5) is 34.9. The van der Waals surface area contributed by atoms with E-state index in [1.54, 1.807) is 0 Å². The summed E-state index contributed by atoms with van der Waals surface area (Å²) in [6.07, 6.45) is 44.9. The second-order valence-electron chi connectivity index (χ2n) is 15.3. The van der Waals surface area contributed by atoms with E-state index >= 15 is 0 Å². The highest BCUT2D eigenvalue weighted by Gasteiger charge is 2.26. The molecule has 0 spiro atoms. The van der Waals surface area contributed by atoms with Crippen LogP contribution in [0.5, 0.6) is 0 Å². The summed E-state index contributed by atoms with van der Waals surface area (Å²) in [6, 6.07) is 0. The first-order valence-corrected chi connectivity index (χ1v) is 24.3. The van der Waals surface area contributed by atoms with Crippen LogP contribution < -0.4 is 5.73 Å². The van der Waals surface area contributed by atoms with Gasteiger partial charge in [-0.25, -0.2) is 4.57 Å². The van der Waals surface area contributed by atoms with Crippen molar-refractivity contribution in [2.45, 2.75) is 225 Å². The lowest BCUT2D eigenvalue weighted by Gasteiger charge is -2.19. The molecule has 0 rings (SSSR count). The Hall–Kier alpha value is -1.51. The molecule has 0 aromatic carbocycles. The van der Waals surface area contributed by atoms with E-state index in [-0.39, 0.29) is 38.6 Å². The Balaban J connectivity index is 4.10. The van der Waals surface area contributed by atoms with Crippen LogP contribution in [-0.4, -0.2) is 49.3 Å². The quantitative estimate of drug-likeness (QED) is 0.0267. The summed E-state index contributed by atoms with van der Waals surface area (Å²) >= 11 is 0. The lowest BCUT2D eigenvalue weighted by molar-refractivity contribution is -0.161. The first-order valence-electron chi connectivity index (χ1n) is 22.8. The van der Waals surface area contributed by atoms with Crippen LogP contribution in [0.15, 0.2) is 24.3 Å². The summed E-state index contributed by atoms with van der Waals surface area (Å²) in [7, 11) is -4.38. The molecular formula is C45H86NO8P. The summed E-state index contributed by atoms with van der Waals surface area (Å²) in [5, 5.41) is 0. The van der Waals surface area contributed by atoms with Crippen LogP contribution >= 0.6 is 7.82 Å². The van der Waals surface area contributed by atoms with E-state index in [1.807, 2.05) is 0 Å². The third-order valence-electron chi connectivity index (χ3n) is 9.81. The third-order valence-corrected chi connectivity index (χ3v) is 10.8. The Bertz CT molecular complexity index is 959. The van der Waals surface area contributed by atoms with E-state index in [2.05, 4.69) is 38.2 Å². The number of hydrogen-bond donors (Lipinski definition) is 2. The molecule has 0 fully saturated rings. The summed E-state index contributed by atoms with van der Waals surface area (Å²) in [6.45, 7) is 3.73. The molecule has 0 saturated carbocycles. The maximum atomic E-state index is 12.6. The van der Waals surface area contributed by atoms with Crippen LogP contribution in [0.3, 0.4) is 0 Å². The second kappa shape index (κ2) is 42.1. The average molecular weight is 800 g/mol. The van der Waals surface area contributed by atoms with Crippen molar-refractivity contribution in [2.75, 3.05) is 26.4 Å². The molecule has 9 nitrogen and oxygen atoms in total. The van der Waals surface area contributed by atoms with Gasteiger partial charge in [0.15, 0.2) is 6.10 Å². The Morgan fingerprint density at radius 3 is 1.29 bits per heavy atom. The van der Waals surface area contributed by atoms with Crippen molar-refractivity contribution in [3.8, 4) is 0 Å². The highest BCUT2D eigenvalue weighted by Crippen LogP contribution is 2.43. The zero-order valence-electron chi connectivity index (χ0n) is 35.7. The molecule has 0 aliphatic heterocycles. The number of carbonyl (C=O) groups excluding carboxylic acids is 2. The highest BCUT2D eigenvalue weighted by atomic mass is 31.2. The molecule has 10 heteroatoms. The zero-order valence-corrected chi connectivity index (χ0v) is 36.6. The molecule has 1 unspecified atom stereocenters. The standard InChI is InChI=1S/C45H86NO8P/c1-3-5-7-9-11-13-15-17-19-20-21-22-24-25-27-29-31-33-35-37-44(47)51-41-43(42-53-55(49,50)52-40-39-46)54-45(48)38-36-34-32-30-28-26-23-18-16-14-12-10-8-6-4-2/h17-19,23,43H,3-16,20-22,24-42,46H2,1-2H3,(H,49,50)/b19-17+,23-18+/t43-/m1/s1. The van der Waals surface area contributed by atoms with Gasteiger partial charge in [-0.05, 0) is 64.2 Å². The van der Waals surface area contributed by atoms with Crippen molar-refractivity contribution in [1.82, 2.24) is 0 Å². The van der Waals surface area contributed by atoms with E-state index in [9.17, 15) is 19.0 Å². The summed E-state index contributed by atoms with van der Waals surface area (Å²) in [5.41, 5.74) is 5.35. The van der Waals surface area contributed by atoms with Crippen molar-refractivity contribution < 1.29 is 37.6 Å². The molecule has 0 aromatic heterocycles. The van der Waals surface area contributed by atoms with Crippen LogP contribution in [0.2, 0.25) is 0 Å². The molecule has 0 heterocycles. The molecule has 0 aromatic rings. The van der Waals surface area contributed by atoms with Gasteiger partial charge < -0.3 is 20.1 Å². The molecule has 55 heavy (non-hydrogen) atoms. The van der Waals surface area contributed by atoms with Crippen molar-refractivity contribution in [2.24, 2.45) is 5.73 Å². The third kappa shape index (κ3) is 41.9. The van der Waals surface area contributed by atoms with Crippen LogP contribution in [-0.2, 0) is 32.7 Å². The van der Waals surface area contributed by atoms with Crippen LogP contribution in [0.25, 0.3) is 0 Å². The van der Waals surface area contributed by atoms with Gasteiger partial charge in [0.25, 0.3) is 0 Å². The van der Waals surface area contributed by atoms with Gasteiger partial charge in [0.1, 0.15) is 6.61 Å². The Kier molecular flexibility index (Phi) is 40.9. The minimum absolute atomic E-state index is 0.0530. The van der Waals surface area contributed by atoms with Crippen LogP contribution in [0, 0.1) is 0 Å². The van der Waals surface area contributed by atoms with Crippen molar-refractivity contribution in [3.05, 3.63) is 24.3 Å². The fourth-order valence-corrected chi connectivity index (χ4v) is 7.15. The van der Waals surface area contributed by atoms with Gasteiger partial charge in [-0.2, -0.15) is 0 Å². The number of carbonyl (C=O) groups is 2. The normalized spacial score (nSPS) is 13.5. The number of phosphoric ester groups is 1. The number of nitrogens with two attached hydrogens (primary N) is 1. The summed E-state index contributed by atoms with van der Waals surface area (Å²) in [5.74, 6) is -0.834. The first kappa shape index (κ1) is 53.5. The van der Waals surface area contributed by atoms with E-state index in [4.69, 9.17) is 24.3 Å². The lowest BCUT2D eigenvalue weighted by atomic mass is 10.1. The van der Waals surface area contributed by atoms with Gasteiger partial charge >= 0.3 is 19.8 Å². The average Bonchev–Trinajstić information content (AvgIpc) is 3.17. The van der Waals surface area contributed by atoms with Crippen molar-refractivity contribution in [1.29, 1.82) is 0 Å². The highest BCUT2D eigenvalue weighted by molar-refractivity contribution is 7.47. The smallest absolute Gasteiger partial charge is 0.462 e. The lowest BCUT2D eigenvalue weighted by Crippen LogP contribution is -2.29. The number of rotatable bonds is 43. The number of unbranched alkanes of at least 4 members (excludes halogenated alkanes) is 26. The van der Waals surface area contributed by atoms with Gasteiger partial charge in [-0.1, -0.05) is 167 Å². The molecule has 0 radical (unpaired) electrons. The number of ether oxygens (including phenoxy) is 2. The minimum Gasteiger partial charge on any atom is -0.462 e. The topological polar surface area (TPSA) is 134 Å². The predicted octanol–water partition coefficient (Wildman–Crippen LogP) is 13.2. The SMILES string of the molecule is CCCCCCCC/C=C/CCCCCCCCCCCC(=O)OC[C@H](COP(=O)(O)OCCN)OC(=O)CCCCCCC/C=C/CCCCCCCC. The van der Waals surface area contributed by atoms with E-state index in [0.717, 1.165) is 51.4 Å². The first-order chi connectivity index (χ1) is 26.8. The number of esters is 2. The number of allylic oxidation sites excluding steroid dienone is 4. The maximum Gasteiger partial charge on any atom is 0.472 e. The second-order valence-corrected chi connectivity index (χ2v) is 16.7. The van der Waals surface area contributed by atoms with Crippen molar-refractivity contribution in [3.63, 3.8) is 0 Å². The van der Waals surface area contributed by atoms with Crippen molar-refractivity contribution >= 4 is 19.8 Å². The van der Waals surface area contributed by atoms with Gasteiger partial charge in [0.05, 0.1) is 13.2 Å². The maximum absolute atomic E-state index is 12.6. The van der Waals surface area contributed by atoms with Gasteiger partial charge in [0.2, 0.25) is 0 Å². The number of hydrogen-bond acceptors (Lipinski definition) is 8. The minimum atomic E-state index is -4.38. The largest absolute Gasteiger partial charge is 0.472 e. The molecule has 0 amide bonds. The summed E-state index contributed by atoms with van der Waals surface area (Å²) < 4.78 is 32.8. The Morgan fingerprint density at radius 2 is 0.891 bits per heavy atom. The fourth-order valence-electron chi connectivity index (χ4n) is 6.39. The molecule has 0 bridgehead atoms. The van der Waals surface area contributed by atoms with Gasteiger partial charge in [0, 0.05) is 19.4 Å². The van der Waals surface area contributed by atoms with E-state index in [1.165, 1.54) is 135 Å². The monoisotopic (exact) mass is 800 g/mol. The molecule has 0 aliphatic carbocycles. The van der Waals surface area contributed by atoms with Crippen LogP contribution in [0.4, 0.5) is 0 Å². The molecule has 0 aliphatic rings. The van der Waals surface area contributed by atoms with E-state index in [0.29, 0.717) is 6.42 Å². The Labute approximate surface area is 338 Å². The Morgan fingerprint density at radius 1 is 0.527 bits per heavy atom. The van der Waals surface area contributed by atoms with Gasteiger partial charge in [-0.15, -0.1) is 0 Å².